The molecule has 5 nitrogen and oxygen atoms in total. The fourth-order valence-electron chi connectivity index (χ4n) is 3.31. The minimum absolute atomic E-state index is 0.0967. The van der Waals surface area contributed by atoms with E-state index in [0.717, 1.165) is 25.7 Å². The number of carbonyl (C=O) groups excluding carboxylic acids is 1. The Kier molecular flexibility index (Phi) is 4.18. The van der Waals surface area contributed by atoms with E-state index in [2.05, 4.69) is 0 Å². The van der Waals surface area contributed by atoms with Crippen LogP contribution < -0.4 is 0 Å². The third-order valence-electron chi connectivity index (χ3n) is 4.92. The van der Waals surface area contributed by atoms with Crippen molar-refractivity contribution in [2.24, 2.45) is 5.92 Å². The molecule has 2 unspecified atom stereocenters. The minimum atomic E-state index is -1.05. The summed E-state index contributed by atoms with van der Waals surface area (Å²) in [5.41, 5.74) is -0.229. The van der Waals surface area contributed by atoms with E-state index in [-0.39, 0.29) is 17.4 Å². The first kappa shape index (κ1) is 15.0. The van der Waals surface area contributed by atoms with E-state index >= 15 is 0 Å². The Hall–Kier alpha value is -1.36. The minimum Gasteiger partial charge on any atom is -0.478 e. The van der Waals surface area contributed by atoms with E-state index in [1.54, 1.807) is 11.8 Å². The maximum absolute atomic E-state index is 12.3. The van der Waals surface area contributed by atoms with E-state index in [4.69, 9.17) is 5.11 Å². The molecule has 0 aromatic rings. The van der Waals surface area contributed by atoms with Gasteiger partial charge in [0.2, 0.25) is 5.91 Å². The van der Waals surface area contributed by atoms with Crippen LogP contribution in [0.3, 0.4) is 0 Å². The zero-order chi connectivity index (χ0) is 14.9. The van der Waals surface area contributed by atoms with Crippen molar-refractivity contribution in [2.75, 3.05) is 13.1 Å². The van der Waals surface area contributed by atoms with Gasteiger partial charge in [-0.25, -0.2) is 4.79 Å². The number of carboxylic acids is 1. The Morgan fingerprint density at radius 3 is 2.50 bits per heavy atom. The highest BCUT2D eigenvalue weighted by molar-refractivity contribution is 6.01. The van der Waals surface area contributed by atoms with Gasteiger partial charge in [-0.3, -0.25) is 4.79 Å². The smallest absolute Gasteiger partial charge is 0.331 e. The number of nitrogens with zero attached hydrogens (tertiary/aromatic N) is 1. The molecular formula is C15H23NO4. The predicted molar refractivity (Wildman–Crippen MR) is 74.1 cm³/mol. The number of aliphatic hydroxyl groups is 1. The summed E-state index contributed by atoms with van der Waals surface area (Å²) in [6, 6.07) is 0. The van der Waals surface area contributed by atoms with Crippen LogP contribution in [-0.2, 0) is 9.59 Å². The SMILES string of the molecule is CC(C(=O)O)=C(C)C(=O)N1CCC2(O)CCCCC2C1. The zero-order valence-corrected chi connectivity index (χ0v) is 12.2. The average molecular weight is 281 g/mol. The van der Waals surface area contributed by atoms with Gasteiger partial charge in [-0.15, -0.1) is 0 Å². The van der Waals surface area contributed by atoms with Crippen LogP contribution in [0.4, 0.5) is 0 Å². The number of hydrogen-bond acceptors (Lipinski definition) is 3. The predicted octanol–water partition coefficient (Wildman–Crippen LogP) is 1.56. The van der Waals surface area contributed by atoms with Gasteiger partial charge in [0.05, 0.1) is 5.60 Å². The van der Waals surface area contributed by atoms with Crippen LogP contribution in [0.15, 0.2) is 11.1 Å². The van der Waals surface area contributed by atoms with E-state index in [1.165, 1.54) is 6.92 Å². The topological polar surface area (TPSA) is 77.8 Å². The molecule has 0 bridgehead atoms. The standard InChI is InChI=1S/C15H23NO4/c1-10(11(2)14(18)19)13(17)16-8-7-15(20)6-4-3-5-12(15)9-16/h12,20H,3-9H2,1-2H3,(H,18,19). The van der Waals surface area contributed by atoms with Crippen molar-refractivity contribution in [3.05, 3.63) is 11.1 Å². The molecule has 2 rings (SSSR count). The maximum atomic E-state index is 12.3. The fraction of sp³-hybridized carbons (Fsp3) is 0.733. The number of fused-ring (bicyclic) bond motifs is 1. The molecule has 0 aromatic heterocycles. The van der Waals surface area contributed by atoms with Gasteiger partial charge in [0.1, 0.15) is 0 Å². The second kappa shape index (κ2) is 5.56. The van der Waals surface area contributed by atoms with Gasteiger partial charge in [-0.05, 0) is 33.1 Å². The first-order valence-corrected chi connectivity index (χ1v) is 7.27. The van der Waals surface area contributed by atoms with Crippen molar-refractivity contribution in [1.29, 1.82) is 0 Å². The van der Waals surface area contributed by atoms with Crippen LogP contribution >= 0.6 is 0 Å². The van der Waals surface area contributed by atoms with E-state index in [1.807, 2.05) is 0 Å². The second-order valence-corrected chi connectivity index (χ2v) is 6.10. The third-order valence-corrected chi connectivity index (χ3v) is 4.92. The second-order valence-electron chi connectivity index (χ2n) is 6.10. The molecule has 1 amide bonds. The number of amides is 1. The summed E-state index contributed by atoms with van der Waals surface area (Å²) < 4.78 is 0. The molecule has 5 heteroatoms. The Labute approximate surface area is 119 Å². The van der Waals surface area contributed by atoms with Gasteiger partial charge in [0, 0.05) is 30.2 Å². The molecule has 20 heavy (non-hydrogen) atoms. The molecule has 112 valence electrons. The normalized spacial score (nSPS) is 31.4. The molecule has 1 heterocycles. The largest absolute Gasteiger partial charge is 0.478 e. The summed E-state index contributed by atoms with van der Waals surface area (Å²) in [4.78, 5) is 25.0. The Morgan fingerprint density at radius 1 is 1.15 bits per heavy atom. The Balaban J connectivity index is 2.10. The number of likely N-dealkylation sites (tertiary alicyclic amines) is 1. The number of carbonyl (C=O) groups is 2. The lowest BCUT2D eigenvalue weighted by molar-refractivity contribution is -0.140. The van der Waals surface area contributed by atoms with Gasteiger partial charge in [-0.2, -0.15) is 0 Å². The molecule has 2 atom stereocenters. The van der Waals surface area contributed by atoms with Crippen LogP contribution in [0, 0.1) is 5.92 Å². The quantitative estimate of drug-likeness (QED) is 0.753. The number of aliphatic carboxylic acids is 1. The molecule has 2 N–H and O–H groups in total. The van der Waals surface area contributed by atoms with Crippen LogP contribution in [0.25, 0.3) is 0 Å². The summed E-state index contributed by atoms with van der Waals surface area (Å²) in [7, 11) is 0. The molecule has 0 aromatic carbocycles. The summed E-state index contributed by atoms with van der Waals surface area (Å²) in [5.74, 6) is -1.13. The highest BCUT2D eigenvalue weighted by Gasteiger charge is 2.43. The molecule has 1 saturated heterocycles. The zero-order valence-electron chi connectivity index (χ0n) is 12.2. The van der Waals surface area contributed by atoms with Crippen LogP contribution in [0.2, 0.25) is 0 Å². The fourth-order valence-corrected chi connectivity index (χ4v) is 3.31. The number of piperidine rings is 1. The number of rotatable bonds is 2. The van der Waals surface area contributed by atoms with Gasteiger partial charge in [0.15, 0.2) is 0 Å². The van der Waals surface area contributed by atoms with Crippen LogP contribution in [0.1, 0.15) is 46.0 Å². The van der Waals surface area contributed by atoms with Crippen molar-refractivity contribution in [3.8, 4) is 0 Å². The number of hydrogen-bond donors (Lipinski definition) is 2. The highest BCUT2D eigenvalue weighted by Crippen LogP contribution is 2.40. The van der Waals surface area contributed by atoms with Gasteiger partial charge < -0.3 is 15.1 Å². The molecule has 2 fully saturated rings. The van der Waals surface area contributed by atoms with Gasteiger partial charge in [-0.1, -0.05) is 12.8 Å². The molecular weight excluding hydrogens is 258 g/mol. The first-order valence-electron chi connectivity index (χ1n) is 7.27. The molecule has 1 saturated carbocycles. The van der Waals surface area contributed by atoms with Crippen molar-refractivity contribution < 1.29 is 19.8 Å². The third kappa shape index (κ3) is 2.73. The van der Waals surface area contributed by atoms with E-state index < -0.39 is 11.6 Å². The summed E-state index contributed by atoms with van der Waals surface area (Å²) >= 11 is 0. The van der Waals surface area contributed by atoms with Gasteiger partial charge >= 0.3 is 5.97 Å². The average Bonchev–Trinajstić information content (AvgIpc) is 2.43. The van der Waals surface area contributed by atoms with Crippen LogP contribution in [-0.4, -0.2) is 45.7 Å². The first-order chi connectivity index (χ1) is 9.35. The highest BCUT2D eigenvalue weighted by atomic mass is 16.4. The number of carboxylic acid groups (broad SMARTS) is 1. The summed E-state index contributed by atoms with van der Waals surface area (Å²) in [5, 5.41) is 19.5. The monoisotopic (exact) mass is 281 g/mol. The Morgan fingerprint density at radius 2 is 1.85 bits per heavy atom. The van der Waals surface area contributed by atoms with E-state index in [0.29, 0.717) is 25.1 Å². The van der Waals surface area contributed by atoms with Crippen molar-refractivity contribution in [1.82, 2.24) is 4.90 Å². The molecule has 1 aliphatic carbocycles. The van der Waals surface area contributed by atoms with Crippen molar-refractivity contribution >= 4 is 11.9 Å². The Bertz CT molecular complexity index is 457. The lowest BCUT2D eigenvalue weighted by Crippen LogP contribution is -2.54. The summed E-state index contributed by atoms with van der Waals surface area (Å²) in [6.07, 6.45) is 4.52. The van der Waals surface area contributed by atoms with E-state index in [9.17, 15) is 14.7 Å². The lowest BCUT2D eigenvalue weighted by Gasteiger charge is -2.47. The molecule has 2 aliphatic rings. The molecule has 0 radical (unpaired) electrons. The van der Waals surface area contributed by atoms with Crippen LogP contribution in [0.5, 0.6) is 0 Å². The van der Waals surface area contributed by atoms with Crippen molar-refractivity contribution in [2.45, 2.75) is 51.6 Å². The molecule has 1 aliphatic heterocycles. The summed E-state index contributed by atoms with van der Waals surface area (Å²) in [6.45, 7) is 4.07. The molecule has 0 spiro atoms. The van der Waals surface area contributed by atoms with Crippen molar-refractivity contribution in [3.63, 3.8) is 0 Å². The lowest BCUT2D eigenvalue weighted by atomic mass is 9.71. The maximum Gasteiger partial charge on any atom is 0.331 e. The van der Waals surface area contributed by atoms with Gasteiger partial charge in [0.25, 0.3) is 0 Å².